The lowest BCUT2D eigenvalue weighted by Crippen LogP contribution is -2.28. The first kappa shape index (κ1) is 17.7. The molecule has 0 saturated heterocycles. The molecule has 0 amide bonds. The summed E-state index contributed by atoms with van der Waals surface area (Å²) in [7, 11) is 3.82. The molecule has 0 bridgehead atoms. The van der Waals surface area contributed by atoms with Crippen LogP contribution in [0.1, 0.15) is 25.2 Å². The van der Waals surface area contributed by atoms with Gasteiger partial charge < -0.3 is 20.3 Å². The van der Waals surface area contributed by atoms with Gasteiger partial charge in [-0.1, -0.05) is 6.92 Å². The van der Waals surface area contributed by atoms with Gasteiger partial charge in [-0.3, -0.25) is 0 Å². The smallest absolute Gasteiger partial charge is 0.134 e. The molecule has 1 rings (SSSR count). The van der Waals surface area contributed by atoms with E-state index in [2.05, 4.69) is 53.3 Å². The minimum atomic E-state index is 0.758. The van der Waals surface area contributed by atoms with Crippen molar-refractivity contribution in [1.82, 2.24) is 14.9 Å². The summed E-state index contributed by atoms with van der Waals surface area (Å²) in [5, 5.41) is 6.72. The Morgan fingerprint density at radius 3 is 2.33 bits per heavy atom. The average Bonchev–Trinajstić information content (AvgIpc) is 2.48. The zero-order chi connectivity index (χ0) is 15.7. The minimum Gasteiger partial charge on any atom is -0.383 e. The van der Waals surface area contributed by atoms with E-state index in [9.17, 15) is 0 Å². The van der Waals surface area contributed by atoms with E-state index in [0.717, 1.165) is 62.2 Å². The topological polar surface area (TPSA) is 62.3 Å². The quantitative estimate of drug-likeness (QED) is 0.686. The Hall–Kier alpha value is -1.40. The van der Waals surface area contributed by atoms with Gasteiger partial charge in [-0.15, -0.1) is 0 Å². The van der Waals surface area contributed by atoms with Crippen molar-refractivity contribution in [3.8, 4) is 0 Å². The lowest BCUT2D eigenvalue weighted by Gasteiger charge is -2.18. The normalized spacial score (nSPS) is 11.0. The molecule has 1 aromatic rings. The molecule has 6 nitrogen and oxygen atoms in total. The van der Waals surface area contributed by atoms with Crippen LogP contribution in [-0.2, 0) is 11.2 Å². The predicted molar refractivity (Wildman–Crippen MR) is 88.2 cm³/mol. The fourth-order valence-electron chi connectivity index (χ4n) is 1.96. The maximum Gasteiger partial charge on any atom is 0.134 e. The highest BCUT2D eigenvalue weighted by Gasteiger charge is 2.09. The van der Waals surface area contributed by atoms with Gasteiger partial charge in [0, 0.05) is 45.3 Å². The second-order valence-corrected chi connectivity index (χ2v) is 5.07. The molecule has 0 unspecified atom stereocenters. The van der Waals surface area contributed by atoms with Crippen molar-refractivity contribution in [2.45, 2.75) is 27.2 Å². The highest BCUT2D eigenvalue weighted by Crippen LogP contribution is 2.19. The number of hydrogen-bond acceptors (Lipinski definition) is 6. The van der Waals surface area contributed by atoms with Crippen LogP contribution in [0, 0.1) is 6.92 Å². The molecule has 0 atom stereocenters. The first-order valence-corrected chi connectivity index (χ1v) is 7.65. The molecule has 0 spiro atoms. The lowest BCUT2D eigenvalue weighted by atomic mass is 10.3. The van der Waals surface area contributed by atoms with Gasteiger partial charge in [-0.05, 0) is 20.9 Å². The van der Waals surface area contributed by atoms with E-state index in [1.165, 1.54) is 0 Å². The summed E-state index contributed by atoms with van der Waals surface area (Å²) in [4.78, 5) is 11.4. The summed E-state index contributed by atoms with van der Waals surface area (Å²) in [6.45, 7) is 10.6. The number of aryl methyl sites for hydroxylation is 1. The standard InChI is InChI=1S/C15H29N5O/c1-6-13-18-14(16-7-2)12(3)15(19-13)17-8-9-20(4)10-11-21-5/h6-11H2,1-5H3,(H2,16,17,18,19). The Bertz CT molecular complexity index is 425. The summed E-state index contributed by atoms with van der Waals surface area (Å²) in [6, 6.07) is 0. The molecule has 6 heteroatoms. The van der Waals surface area contributed by atoms with Gasteiger partial charge in [0.05, 0.1) is 6.61 Å². The van der Waals surface area contributed by atoms with Gasteiger partial charge in [0.1, 0.15) is 17.5 Å². The van der Waals surface area contributed by atoms with E-state index >= 15 is 0 Å². The molecule has 0 aromatic carbocycles. The zero-order valence-corrected chi connectivity index (χ0v) is 14.0. The SMILES string of the molecule is CCNc1nc(CC)nc(NCCN(C)CCOC)c1C. The Kier molecular flexibility index (Phi) is 8.00. The Balaban J connectivity index is 2.63. The third-order valence-electron chi connectivity index (χ3n) is 3.32. The summed E-state index contributed by atoms with van der Waals surface area (Å²) in [5.74, 6) is 2.73. The van der Waals surface area contributed by atoms with Crippen molar-refractivity contribution in [3.63, 3.8) is 0 Å². The maximum absolute atomic E-state index is 5.08. The molecule has 0 aliphatic rings. The van der Waals surface area contributed by atoms with E-state index in [0.29, 0.717) is 0 Å². The van der Waals surface area contributed by atoms with Gasteiger partial charge in [0.2, 0.25) is 0 Å². The Morgan fingerprint density at radius 1 is 1.10 bits per heavy atom. The third-order valence-corrected chi connectivity index (χ3v) is 3.32. The highest BCUT2D eigenvalue weighted by atomic mass is 16.5. The van der Waals surface area contributed by atoms with Crippen LogP contribution >= 0.6 is 0 Å². The molecular weight excluding hydrogens is 266 g/mol. The fourth-order valence-corrected chi connectivity index (χ4v) is 1.96. The number of aromatic nitrogens is 2. The predicted octanol–water partition coefficient (Wildman–Crippen LogP) is 1.77. The van der Waals surface area contributed by atoms with Gasteiger partial charge in [0.15, 0.2) is 0 Å². The van der Waals surface area contributed by atoms with Crippen LogP contribution < -0.4 is 10.6 Å². The molecule has 0 radical (unpaired) electrons. The molecule has 0 saturated carbocycles. The largest absolute Gasteiger partial charge is 0.383 e. The van der Waals surface area contributed by atoms with Crippen LogP contribution in [0.5, 0.6) is 0 Å². The van der Waals surface area contributed by atoms with Crippen LogP contribution in [-0.4, -0.2) is 61.8 Å². The van der Waals surface area contributed by atoms with Gasteiger partial charge in [-0.2, -0.15) is 0 Å². The van der Waals surface area contributed by atoms with Crippen molar-refractivity contribution in [2.75, 3.05) is 57.6 Å². The van der Waals surface area contributed by atoms with E-state index in [4.69, 9.17) is 4.74 Å². The van der Waals surface area contributed by atoms with Crippen molar-refractivity contribution >= 4 is 11.6 Å². The number of nitrogens with one attached hydrogen (secondary N) is 2. The molecule has 0 aliphatic carbocycles. The van der Waals surface area contributed by atoms with Crippen molar-refractivity contribution < 1.29 is 4.74 Å². The van der Waals surface area contributed by atoms with E-state index in [1.807, 2.05) is 0 Å². The third kappa shape index (κ3) is 5.85. The number of methoxy groups -OCH3 is 1. The van der Waals surface area contributed by atoms with Crippen LogP contribution in [0.3, 0.4) is 0 Å². The first-order valence-electron chi connectivity index (χ1n) is 7.65. The monoisotopic (exact) mass is 295 g/mol. The van der Waals surface area contributed by atoms with E-state index in [1.54, 1.807) is 7.11 Å². The van der Waals surface area contributed by atoms with Crippen molar-refractivity contribution in [1.29, 1.82) is 0 Å². The summed E-state index contributed by atoms with van der Waals surface area (Å²) < 4.78 is 5.08. The Morgan fingerprint density at radius 2 is 1.76 bits per heavy atom. The van der Waals surface area contributed by atoms with Crippen LogP contribution in [0.4, 0.5) is 11.6 Å². The van der Waals surface area contributed by atoms with Crippen LogP contribution in [0.25, 0.3) is 0 Å². The highest BCUT2D eigenvalue weighted by molar-refractivity contribution is 5.57. The lowest BCUT2D eigenvalue weighted by molar-refractivity contribution is 0.163. The molecule has 2 N–H and O–H groups in total. The van der Waals surface area contributed by atoms with Crippen molar-refractivity contribution in [2.24, 2.45) is 0 Å². The number of rotatable bonds is 10. The second kappa shape index (κ2) is 9.52. The number of nitrogens with zero attached hydrogens (tertiary/aromatic N) is 3. The van der Waals surface area contributed by atoms with Gasteiger partial charge >= 0.3 is 0 Å². The van der Waals surface area contributed by atoms with Gasteiger partial charge in [0.25, 0.3) is 0 Å². The average molecular weight is 295 g/mol. The molecule has 1 aromatic heterocycles. The number of hydrogen-bond donors (Lipinski definition) is 2. The van der Waals surface area contributed by atoms with E-state index in [-0.39, 0.29) is 0 Å². The number of likely N-dealkylation sites (N-methyl/N-ethyl adjacent to an activating group) is 1. The summed E-state index contributed by atoms with van der Waals surface area (Å²) in [6.07, 6.45) is 0.834. The molecule has 0 aliphatic heterocycles. The minimum absolute atomic E-state index is 0.758. The number of anilines is 2. The molecule has 21 heavy (non-hydrogen) atoms. The van der Waals surface area contributed by atoms with Crippen molar-refractivity contribution in [3.05, 3.63) is 11.4 Å². The second-order valence-electron chi connectivity index (χ2n) is 5.07. The first-order chi connectivity index (χ1) is 10.1. The molecular formula is C15H29N5O. The number of ether oxygens (including phenoxy) is 1. The Labute approximate surface area is 128 Å². The van der Waals surface area contributed by atoms with Gasteiger partial charge in [-0.25, -0.2) is 9.97 Å². The van der Waals surface area contributed by atoms with Crippen LogP contribution in [0.15, 0.2) is 0 Å². The molecule has 1 heterocycles. The van der Waals surface area contributed by atoms with Crippen LogP contribution in [0.2, 0.25) is 0 Å². The summed E-state index contributed by atoms with van der Waals surface area (Å²) in [5.41, 5.74) is 1.08. The summed E-state index contributed by atoms with van der Waals surface area (Å²) >= 11 is 0. The molecule has 0 fully saturated rings. The molecule has 120 valence electrons. The van der Waals surface area contributed by atoms with E-state index < -0.39 is 0 Å². The fraction of sp³-hybridized carbons (Fsp3) is 0.733. The maximum atomic E-state index is 5.08. The zero-order valence-electron chi connectivity index (χ0n) is 14.0.